The third-order valence-electron chi connectivity index (χ3n) is 3.12. The molecule has 0 aliphatic carbocycles. The third kappa shape index (κ3) is 2.48. The second kappa shape index (κ2) is 5.20. The summed E-state index contributed by atoms with van der Waals surface area (Å²) >= 11 is 0. The Hall–Kier alpha value is -2.20. The lowest BCUT2D eigenvalue weighted by molar-refractivity contribution is 0.668. The molecule has 0 bridgehead atoms. The maximum Gasteiger partial charge on any atom is 0.113 e. The van der Waals surface area contributed by atoms with E-state index in [1.54, 1.807) is 0 Å². The predicted molar refractivity (Wildman–Crippen MR) is 75.8 cm³/mol. The van der Waals surface area contributed by atoms with Gasteiger partial charge in [-0.25, -0.2) is 4.68 Å². The number of hydrogen-bond acceptors (Lipinski definition) is 3. The highest BCUT2D eigenvalue weighted by Gasteiger charge is 2.04. The van der Waals surface area contributed by atoms with E-state index in [9.17, 15) is 0 Å². The molecule has 3 aromatic rings. The van der Waals surface area contributed by atoms with Crippen LogP contribution in [0.15, 0.2) is 48.5 Å². The summed E-state index contributed by atoms with van der Waals surface area (Å²) in [5.74, 6) is 0. The van der Waals surface area contributed by atoms with E-state index in [4.69, 9.17) is 0 Å². The zero-order valence-electron chi connectivity index (χ0n) is 10.9. The summed E-state index contributed by atoms with van der Waals surface area (Å²) in [5, 5.41) is 11.6. The van der Waals surface area contributed by atoms with Crippen molar-refractivity contribution < 1.29 is 0 Å². The normalized spacial score (nSPS) is 11.0. The van der Waals surface area contributed by atoms with Gasteiger partial charge in [0.2, 0.25) is 0 Å². The Morgan fingerprint density at radius 3 is 2.79 bits per heavy atom. The van der Waals surface area contributed by atoms with E-state index in [0.717, 1.165) is 24.1 Å². The molecule has 96 valence electrons. The summed E-state index contributed by atoms with van der Waals surface area (Å²) in [7, 11) is 1.96. The van der Waals surface area contributed by atoms with Crippen LogP contribution in [0.2, 0.25) is 0 Å². The molecule has 3 rings (SSSR count). The number of hydrogen-bond donors (Lipinski definition) is 1. The Balaban J connectivity index is 1.90. The van der Waals surface area contributed by atoms with Crippen LogP contribution in [0.25, 0.3) is 11.0 Å². The van der Waals surface area contributed by atoms with Gasteiger partial charge in [-0.05, 0) is 30.3 Å². The second-order valence-electron chi connectivity index (χ2n) is 4.59. The smallest absolute Gasteiger partial charge is 0.113 e. The summed E-state index contributed by atoms with van der Waals surface area (Å²) in [6.45, 7) is 1.63. The highest BCUT2D eigenvalue weighted by Crippen LogP contribution is 2.13. The first-order valence-electron chi connectivity index (χ1n) is 6.37. The Labute approximate surface area is 112 Å². The number of benzene rings is 2. The maximum absolute atomic E-state index is 4.22. The topological polar surface area (TPSA) is 42.7 Å². The van der Waals surface area contributed by atoms with E-state index in [0.29, 0.717) is 0 Å². The van der Waals surface area contributed by atoms with E-state index in [-0.39, 0.29) is 0 Å². The monoisotopic (exact) mass is 252 g/mol. The number of rotatable bonds is 4. The standard InChI is InChI=1S/C15H16N4/c1-16-10-12-5-4-6-13(9-12)11-19-15-8-3-2-7-14(15)17-18-19/h2-9,16H,10-11H2,1H3. The molecular weight excluding hydrogens is 236 g/mol. The fraction of sp³-hybridized carbons (Fsp3) is 0.200. The quantitative estimate of drug-likeness (QED) is 0.774. The van der Waals surface area contributed by atoms with Crippen molar-refractivity contribution in [2.75, 3.05) is 7.05 Å². The molecule has 0 atom stereocenters. The van der Waals surface area contributed by atoms with Crippen LogP contribution in [0.3, 0.4) is 0 Å². The number of fused-ring (bicyclic) bond motifs is 1. The van der Waals surface area contributed by atoms with Gasteiger partial charge in [-0.15, -0.1) is 5.10 Å². The molecule has 0 aliphatic heterocycles. The van der Waals surface area contributed by atoms with Crippen molar-refractivity contribution in [3.8, 4) is 0 Å². The van der Waals surface area contributed by atoms with E-state index in [1.807, 2.05) is 36.0 Å². The molecule has 0 unspecified atom stereocenters. The first-order chi connectivity index (χ1) is 9.36. The Morgan fingerprint density at radius 2 is 1.89 bits per heavy atom. The fourth-order valence-corrected chi connectivity index (χ4v) is 2.25. The zero-order chi connectivity index (χ0) is 13.1. The molecule has 1 aromatic heterocycles. The van der Waals surface area contributed by atoms with Crippen LogP contribution in [0.5, 0.6) is 0 Å². The summed E-state index contributed by atoms with van der Waals surface area (Å²) in [6.07, 6.45) is 0. The lowest BCUT2D eigenvalue weighted by Gasteiger charge is -2.05. The van der Waals surface area contributed by atoms with Crippen molar-refractivity contribution in [3.05, 3.63) is 59.7 Å². The molecule has 0 saturated heterocycles. The number of para-hydroxylation sites is 1. The number of nitrogens with zero attached hydrogens (tertiary/aromatic N) is 3. The molecule has 1 N–H and O–H groups in total. The van der Waals surface area contributed by atoms with Gasteiger partial charge in [-0.3, -0.25) is 0 Å². The van der Waals surface area contributed by atoms with E-state index >= 15 is 0 Å². The second-order valence-corrected chi connectivity index (χ2v) is 4.59. The predicted octanol–water partition coefficient (Wildman–Crippen LogP) is 2.20. The van der Waals surface area contributed by atoms with Gasteiger partial charge >= 0.3 is 0 Å². The molecule has 0 amide bonds. The van der Waals surface area contributed by atoms with Crippen molar-refractivity contribution in [2.24, 2.45) is 0 Å². The lowest BCUT2D eigenvalue weighted by Crippen LogP contribution is -2.06. The van der Waals surface area contributed by atoms with Crippen LogP contribution in [0.1, 0.15) is 11.1 Å². The largest absolute Gasteiger partial charge is 0.316 e. The van der Waals surface area contributed by atoms with E-state index < -0.39 is 0 Å². The van der Waals surface area contributed by atoms with Crippen LogP contribution < -0.4 is 5.32 Å². The van der Waals surface area contributed by atoms with Gasteiger partial charge in [0, 0.05) is 6.54 Å². The van der Waals surface area contributed by atoms with Gasteiger partial charge in [0.05, 0.1) is 12.1 Å². The minimum absolute atomic E-state index is 0.748. The molecule has 0 saturated carbocycles. The van der Waals surface area contributed by atoms with Gasteiger partial charge < -0.3 is 5.32 Å². The molecule has 1 heterocycles. The van der Waals surface area contributed by atoms with Crippen LogP contribution in [-0.2, 0) is 13.1 Å². The number of nitrogens with one attached hydrogen (secondary N) is 1. The maximum atomic E-state index is 4.22. The molecule has 0 aliphatic rings. The average molecular weight is 252 g/mol. The van der Waals surface area contributed by atoms with Crippen molar-refractivity contribution in [2.45, 2.75) is 13.1 Å². The van der Waals surface area contributed by atoms with Crippen LogP contribution in [0, 0.1) is 0 Å². The molecule has 0 fully saturated rings. The van der Waals surface area contributed by atoms with Crippen molar-refractivity contribution in [3.63, 3.8) is 0 Å². The first kappa shape index (κ1) is 11.9. The van der Waals surface area contributed by atoms with Crippen LogP contribution >= 0.6 is 0 Å². The molecular formula is C15H16N4. The molecule has 2 aromatic carbocycles. The zero-order valence-corrected chi connectivity index (χ0v) is 10.9. The molecule has 0 radical (unpaired) electrons. The van der Waals surface area contributed by atoms with Gasteiger partial charge in [-0.2, -0.15) is 0 Å². The van der Waals surface area contributed by atoms with Gasteiger partial charge in [0.25, 0.3) is 0 Å². The molecule has 4 heteroatoms. The Morgan fingerprint density at radius 1 is 1.05 bits per heavy atom. The van der Waals surface area contributed by atoms with Crippen molar-refractivity contribution in [1.82, 2.24) is 20.3 Å². The van der Waals surface area contributed by atoms with E-state index in [1.165, 1.54) is 11.1 Å². The molecule has 4 nitrogen and oxygen atoms in total. The number of aromatic nitrogens is 3. The fourth-order valence-electron chi connectivity index (χ4n) is 2.25. The minimum atomic E-state index is 0.748. The summed E-state index contributed by atoms with van der Waals surface area (Å²) in [5.41, 5.74) is 4.53. The molecule has 0 spiro atoms. The summed E-state index contributed by atoms with van der Waals surface area (Å²) in [6, 6.07) is 16.6. The minimum Gasteiger partial charge on any atom is -0.316 e. The molecule has 19 heavy (non-hydrogen) atoms. The lowest BCUT2D eigenvalue weighted by atomic mass is 10.1. The van der Waals surface area contributed by atoms with Crippen molar-refractivity contribution in [1.29, 1.82) is 0 Å². The van der Waals surface area contributed by atoms with Gasteiger partial charge in [-0.1, -0.05) is 41.6 Å². The van der Waals surface area contributed by atoms with Gasteiger partial charge in [0.1, 0.15) is 5.52 Å². The highest BCUT2D eigenvalue weighted by molar-refractivity contribution is 5.73. The SMILES string of the molecule is CNCc1cccc(Cn2nnc3ccccc32)c1. The van der Waals surface area contributed by atoms with Gasteiger partial charge in [0.15, 0.2) is 0 Å². The van der Waals surface area contributed by atoms with E-state index in [2.05, 4.69) is 39.9 Å². The Bertz CT molecular complexity index is 687. The average Bonchev–Trinajstić information content (AvgIpc) is 2.83. The van der Waals surface area contributed by atoms with Crippen LogP contribution in [0.4, 0.5) is 0 Å². The highest BCUT2D eigenvalue weighted by atomic mass is 15.4. The third-order valence-corrected chi connectivity index (χ3v) is 3.12. The Kier molecular flexibility index (Phi) is 3.25. The van der Waals surface area contributed by atoms with Crippen LogP contribution in [-0.4, -0.2) is 22.0 Å². The summed E-state index contributed by atoms with van der Waals surface area (Å²) in [4.78, 5) is 0. The van der Waals surface area contributed by atoms with Crippen molar-refractivity contribution >= 4 is 11.0 Å². The summed E-state index contributed by atoms with van der Waals surface area (Å²) < 4.78 is 1.94. The first-order valence-corrected chi connectivity index (χ1v) is 6.37.